The quantitative estimate of drug-likeness (QED) is 0.372. The van der Waals surface area contributed by atoms with Gasteiger partial charge >= 0.3 is 0 Å². The van der Waals surface area contributed by atoms with Crippen LogP contribution in [0.5, 0.6) is 5.75 Å². The normalized spacial score (nSPS) is 17.5. The molecule has 0 radical (unpaired) electrons. The fourth-order valence-electron chi connectivity index (χ4n) is 3.19. The summed E-state index contributed by atoms with van der Waals surface area (Å²) >= 11 is 0. The molecule has 152 valence electrons. The fourth-order valence-corrected chi connectivity index (χ4v) is 3.19. The van der Waals surface area contributed by atoms with Crippen molar-refractivity contribution >= 4 is 5.96 Å². The standard InChI is InChI=1S/C21H37N5O/c1-4-22-21(23-12-9-17-27-20-10-7-6-8-11-20)24-18-19(3)26-15-13-25(5-2)14-16-26/h6-8,10-11,19H,4-5,9,12-18H2,1-3H3,(H2,22,23,24). The van der Waals surface area contributed by atoms with Crippen LogP contribution >= 0.6 is 0 Å². The van der Waals surface area contributed by atoms with Gasteiger partial charge in [0.2, 0.25) is 0 Å². The van der Waals surface area contributed by atoms with Gasteiger partial charge in [-0.2, -0.15) is 0 Å². The van der Waals surface area contributed by atoms with Crippen molar-refractivity contribution in [2.75, 3.05) is 59.0 Å². The molecule has 6 heteroatoms. The van der Waals surface area contributed by atoms with Gasteiger partial charge in [0.15, 0.2) is 5.96 Å². The van der Waals surface area contributed by atoms with E-state index in [9.17, 15) is 0 Å². The monoisotopic (exact) mass is 375 g/mol. The smallest absolute Gasteiger partial charge is 0.191 e. The molecule has 1 aliphatic rings. The first-order valence-corrected chi connectivity index (χ1v) is 10.4. The molecule has 0 saturated carbocycles. The van der Waals surface area contributed by atoms with Gasteiger partial charge in [-0.15, -0.1) is 0 Å². The van der Waals surface area contributed by atoms with Gasteiger partial charge in [0.05, 0.1) is 13.2 Å². The Kier molecular flexibility index (Phi) is 10.0. The molecule has 1 atom stereocenters. The van der Waals surface area contributed by atoms with E-state index in [-0.39, 0.29) is 0 Å². The average molecular weight is 376 g/mol. The Balaban J connectivity index is 1.67. The minimum atomic E-state index is 0.473. The molecule has 2 N–H and O–H groups in total. The van der Waals surface area contributed by atoms with Crippen LogP contribution in [0.4, 0.5) is 0 Å². The van der Waals surface area contributed by atoms with Crippen molar-refractivity contribution < 1.29 is 4.74 Å². The van der Waals surface area contributed by atoms with Gasteiger partial charge in [-0.3, -0.25) is 9.89 Å². The fraction of sp³-hybridized carbons (Fsp3) is 0.667. The van der Waals surface area contributed by atoms with E-state index in [0.29, 0.717) is 12.6 Å². The van der Waals surface area contributed by atoms with Crippen molar-refractivity contribution in [3.05, 3.63) is 30.3 Å². The summed E-state index contributed by atoms with van der Waals surface area (Å²) < 4.78 is 5.73. The second-order valence-corrected chi connectivity index (χ2v) is 6.98. The Morgan fingerprint density at radius 1 is 1.11 bits per heavy atom. The Labute approximate surface area is 165 Å². The lowest BCUT2D eigenvalue weighted by atomic mass is 10.2. The molecule has 1 aromatic carbocycles. The predicted molar refractivity (Wildman–Crippen MR) is 114 cm³/mol. The molecule has 0 amide bonds. The van der Waals surface area contributed by atoms with Crippen LogP contribution in [0, 0.1) is 0 Å². The minimum absolute atomic E-state index is 0.473. The zero-order valence-electron chi connectivity index (χ0n) is 17.3. The maximum absolute atomic E-state index is 5.73. The van der Waals surface area contributed by atoms with Gasteiger partial charge in [0.25, 0.3) is 0 Å². The van der Waals surface area contributed by atoms with E-state index in [1.807, 2.05) is 30.3 Å². The van der Waals surface area contributed by atoms with Crippen LogP contribution in [0.25, 0.3) is 0 Å². The van der Waals surface area contributed by atoms with Gasteiger partial charge in [0, 0.05) is 45.3 Å². The molecule has 6 nitrogen and oxygen atoms in total. The van der Waals surface area contributed by atoms with E-state index in [0.717, 1.165) is 57.4 Å². The number of piperazine rings is 1. The maximum atomic E-state index is 5.73. The highest BCUT2D eigenvalue weighted by atomic mass is 16.5. The van der Waals surface area contributed by atoms with E-state index in [2.05, 4.69) is 41.2 Å². The summed E-state index contributed by atoms with van der Waals surface area (Å²) in [5.41, 5.74) is 0. The second-order valence-electron chi connectivity index (χ2n) is 6.98. The number of rotatable bonds is 10. The molecule has 27 heavy (non-hydrogen) atoms. The summed E-state index contributed by atoms with van der Waals surface area (Å²) in [6.45, 7) is 15.6. The largest absolute Gasteiger partial charge is 0.494 e. The number of hydrogen-bond donors (Lipinski definition) is 2. The number of likely N-dealkylation sites (N-methyl/N-ethyl adjacent to an activating group) is 1. The average Bonchev–Trinajstić information content (AvgIpc) is 2.72. The Hall–Kier alpha value is -1.79. The first-order chi connectivity index (χ1) is 13.2. The molecule has 1 unspecified atom stereocenters. The molecule has 0 aliphatic carbocycles. The third-order valence-electron chi connectivity index (χ3n) is 4.96. The highest BCUT2D eigenvalue weighted by Gasteiger charge is 2.19. The Morgan fingerprint density at radius 2 is 1.85 bits per heavy atom. The van der Waals surface area contributed by atoms with Crippen molar-refractivity contribution in [2.45, 2.75) is 33.2 Å². The third kappa shape index (κ3) is 8.18. The van der Waals surface area contributed by atoms with Crippen LogP contribution in [0.15, 0.2) is 35.3 Å². The van der Waals surface area contributed by atoms with Crippen LogP contribution in [0.2, 0.25) is 0 Å². The number of aliphatic imine (C=N–C) groups is 1. The number of nitrogens with one attached hydrogen (secondary N) is 2. The van der Waals surface area contributed by atoms with Crippen molar-refractivity contribution in [1.29, 1.82) is 0 Å². The first-order valence-electron chi connectivity index (χ1n) is 10.4. The SMILES string of the molecule is CCNC(=NCC(C)N1CCN(CC)CC1)NCCCOc1ccccc1. The first kappa shape index (κ1) is 21.5. The molecular weight excluding hydrogens is 338 g/mol. The van der Waals surface area contributed by atoms with Crippen LogP contribution in [-0.4, -0.2) is 80.8 Å². The molecule has 1 saturated heterocycles. The number of nitrogens with zero attached hydrogens (tertiary/aromatic N) is 3. The Morgan fingerprint density at radius 3 is 2.52 bits per heavy atom. The summed E-state index contributed by atoms with van der Waals surface area (Å²) in [7, 11) is 0. The van der Waals surface area contributed by atoms with Gasteiger partial charge in [-0.25, -0.2) is 0 Å². The molecule has 2 rings (SSSR count). The summed E-state index contributed by atoms with van der Waals surface area (Å²) in [6.07, 6.45) is 0.938. The van der Waals surface area contributed by atoms with Crippen LogP contribution in [0.3, 0.4) is 0 Å². The van der Waals surface area contributed by atoms with Crippen molar-refractivity contribution in [3.8, 4) is 5.75 Å². The molecule has 1 aliphatic heterocycles. The van der Waals surface area contributed by atoms with Crippen molar-refractivity contribution in [1.82, 2.24) is 20.4 Å². The summed E-state index contributed by atoms with van der Waals surface area (Å²) in [6, 6.07) is 10.4. The molecule has 1 aromatic rings. The molecule has 0 aromatic heterocycles. The number of benzene rings is 1. The minimum Gasteiger partial charge on any atom is -0.494 e. The van der Waals surface area contributed by atoms with Crippen LogP contribution < -0.4 is 15.4 Å². The van der Waals surface area contributed by atoms with Gasteiger partial charge in [0.1, 0.15) is 5.75 Å². The van der Waals surface area contributed by atoms with Gasteiger partial charge in [-0.05, 0) is 38.9 Å². The van der Waals surface area contributed by atoms with Gasteiger partial charge in [-0.1, -0.05) is 25.1 Å². The van der Waals surface area contributed by atoms with E-state index < -0.39 is 0 Å². The van der Waals surface area contributed by atoms with E-state index >= 15 is 0 Å². The predicted octanol–water partition coefficient (Wildman–Crippen LogP) is 2.04. The van der Waals surface area contributed by atoms with Crippen molar-refractivity contribution in [2.24, 2.45) is 4.99 Å². The second kappa shape index (κ2) is 12.6. The lowest BCUT2D eigenvalue weighted by Gasteiger charge is -2.37. The number of ether oxygens (including phenoxy) is 1. The maximum Gasteiger partial charge on any atom is 0.191 e. The van der Waals surface area contributed by atoms with E-state index in [1.165, 1.54) is 13.1 Å². The number of hydrogen-bond acceptors (Lipinski definition) is 4. The van der Waals surface area contributed by atoms with E-state index in [1.54, 1.807) is 0 Å². The lowest BCUT2D eigenvalue weighted by Crippen LogP contribution is -2.50. The van der Waals surface area contributed by atoms with E-state index in [4.69, 9.17) is 9.73 Å². The molecule has 0 bridgehead atoms. The topological polar surface area (TPSA) is 52.1 Å². The Bertz CT molecular complexity index is 529. The van der Waals surface area contributed by atoms with Crippen LogP contribution in [0.1, 0.15) is 27.2 Å². The third-order valence-corrected chi connectivity index (χ3v) is 4.96. The lowest BCUT2D eigenvalue weighted by molar-refractivity contribution is 0.109. The molecular formula is C21H37N5O. The zero-order chi connectivity index (χ0) is 19.3. The highest BCUT2D eigenvalue weighted by molar-refractivity contribution is 5.79. The zero-order valence-corrected chi connectivity index (χ0v) is 17.3. The van der Waals surface area contributed by atoms with Gasteiger partial charge < -0.3 is 20.3 Å². The highest BCUT2D eigenvalue weighted by Crippen LogP contribution is 2.08. The molecule has 0 spiro atoms. The summed E-state index contributed by atoms with van der Waals surface area (Å²) in [5, 5.41) is 6.75. The van der Waals surface area contributed by atoms with Crippen molar-refractivity contribution in [3.63, 3.8) is 0 Å². The summed E-state index contributed by atoms with van der Waals surface area (Å²) in [5.74, 6) is 1.83. The van der Waals surface area contributed by atoms with Crippen LogP contribution in [-0.2, 0) is 0 Å². The number of para-hydroxylation sites is 1. The number of guanidine groups is 1. The molecule has 1 heterocycles. The summed E-state index contributed by atoms with van der Waals surface area (Å²) in [4.78, 5) is 9.84. The molecule has 1 fully saturated rings.